The summed E-state index contributed by atoms with van der Waals surface area (Å²) in [6.07, 6.45) is 5.59. The Morgan fingerprint density at radius 1 is 1.33 bits per heavy atom. The summed E-state index contributed by atoms with van der Waals surface area (Å²) in [5, 5.41) is 10.7. The molecule has 0 aromatic rings. The fourth-order valence-electron chi connectivity index (χ4n) is 3.52. The highest BCUT2D eigenvalue weighted by atomic mass is 35.5. The monoisotopic (exact) mass is 184 g/mol. The molecule has 0 spiro atoms. The number of halogens is 1. The maximum absolute atomic E-state index is 9.76. The molecular weight excluding hydrogens is 172 g/mol. The van der Waals surface area contributed by atoms with Crippen LogP contribution in [0.2, 0.25) is 0 Å². The number of allylic oxidation sites excluding steroid dienone is 1. The third-order valence-corrected chi connectivity index (χ3v) is 4.30. The molecule has 0 saturated heterocycles. The molecule has 2 fully saturated rings. The number of fused-ring (bicyclic) bond motifs is 1. The Bertz CT molecular complexity index is 246. The molecule has 1 N–H and O–H groups in total. The molecule has 3 rings (SSSR count). The van der Waals surface area contributed by atoms with E-state index in [1.54, 1.807) is 0 Å². The predicted molar refractivity (Wildman–Crippen MR) is 47.8 cm³/mol. The van der Waals surface area contributed by atoms with Gasteiger partial charge >= 0.3 is 0 Å². The van der Waals surface area contributed by atoms with Crippen LogP contribution in [0, 0.1) is 23.7 Å². The lowest BCUT2D eigenvalue weighted by atomic mass is 9.85. The number of rotatable bonds is 0. The standard InChI is InChI=1S/C10H13ClO/c11-8-3-5-1-6-4-9(12)10(8)7(6)2-5/h3,5-7,9-10,12H,1-2,4H2. The van der Waals surface area contributed by atoms with Crippen molar-refractivity contribution < 1.29 is 5.11 Å². The molecular formula is C10H13ClO. The number of hydrogen-bond acceptors (Lipinski definition) is 1. The van der Waals surface area contributed by atoms with E-state index < -0.39 is 0 Å². The van der Waals surface area contributed by atoms with Gasteiger partial charge in [0.05, 0.1) is 6.10 Å². The molecule has 1 nitrogen and oxygen atoms in total. The van der Waals surface area contributed by atoms with Crippen LogP contribution in [0.15, 0.2) is 11.1 Å². The Labute approximate surface area is 77.4 Å². The first-order valence-corrected chi connectivity index (χ1v) is 5.19. The smallest absolute Gasteiger partial charge is 0.0622 e. The average Bonchev–Trinajstić information content (AvgIpc) is 2.40. The van der Waals surface area contributed by atoms with Gasteiger partial charge in [0, 0.05) is 11.0 Å². The third kappa shape index (κ3) is 0.789. The van der Waals surface area contributed by atoms with Crippen LogP contribution in [-0.4, -0.2) is 11.2 Å². The summed E-state index contributed by atoms with van der Waals surface area (Å²) >= 11 is 6.14. The van der Waals surface area contributed by atoms with Crippen LogP contribution in [0.5, 0.6) is 0 Å². The highest BCUT2D eigenvalue weighted by Gasteiger charge is 2.51. The third-order valence-electron chi connectivity index (χ3n) is 3.92. The molecule has 5 unspecified atom stereocenters. The molecule has 5 atom stereocenters. The molecule has 2 saturated carbocycles. The largest absolute Gasteiger partial charge is 0.392 e. The maximum atomic E-state index is 9.76. The lowest BCUT2D eigenvalue weighted by Crippen LogP contribution is -2.22. The van der Waals surface area contributed by atoms with Crippen LogP contribution in [0.3, 0.4) is 0 Å². The van der Waals surface area contributed by atoms with E-state index in [1.807, 2.05) is 0 Å². The molecule has 0 radical (unpaired) electrons. The van der Waals surface area contributed by atoms with Gasteiger partial charge in [-0.15, -0.1) is 0 Å². The van der Waals surface area contributed by atoms with Crippen molar-refractivity contribution >= 4 is 11.6 Å². The zero-order chi connectivity index (χ0) is 8.29. The Morgan fingerprint density at radius 2 is 2.17 bits per heavy atom. The van der Waals surface area contributed by atoms with Gasteiger partial charge in [0.2, 0.25) is 0 Å². The molecule has 2 heteroatoms. The number of hydrogen-bond donors (Lipinski definition) is 1. The van der Waals surface area contributed by atoms with Crippen molar-refractivity contribution in [3.63, 3.8) is 0 Å². The number of aliphatic hydroxyl groups excluding tert-OH is 1. The fourth-order valence-corrected chi connectivity index (χ4v) is 4.00. The first-order valence-electron chi connectivity index (χ1n) is 4.81. The Balaban J connectivity index is 2.05. The SMILES string of the molecule is OC1CC2CC3C=C(Cl)C1C2C3. The zero-order valence-electron chi connectivity index (χ0n) is 6.91. The molecule has 2 bridgehead atoms. The second kappa shape index (κ2) is 2.27. The van der Waals surface area contributed by atoms with Gasteiger partial charge in [-0.3, -0.25) is 0 Å². The average molecular weight is 185 g/mol. The van der Waals surface area contributed by atoms with Crippen molar-refractivity contribution in [2.24, 2.45) is 23.7 Å². The molecule has 66 valence electrons. The quantitative estimate of drug-likeness (QED) is 0.612. The van der Waals surface area contributed by atoms with Crippen molar-refractivity contribution in [1.82, 2.24) is 0 Å². The van der Waals surface area contributed by atoms with Crippen LogP contribution >= 0.6 is 11.6 Å². The molecule has 0 aromatic carbocycles. The second-order valence-corrected chi connectivity index (χ2v) is 4.97. The minimum atomic E-state index is -0.148. The highest BCUT2D eigenvalue weighted by Crippen LogP contribution is 2.56. The first kappa shape index (κ1) is 7.40. The molecule has 0 aliphatic heterocycles. The topological polar surface area (TPSA) is 20.2 Å². The normalized spacial score (nSPS) is 55.8. The van der Waals surface area contributed by atoms with Crippen LogP contribution in [0.25, 0.3) is 0 Å². The van der Waals surface area contributed by atoms with E-state index in [0.717, 1.165) is 23.3 Å². The van der Waals surface area contributed by atoms with Crippen molar-refractivity contribution in [1.29, 1.82) is 0 Å². The highest BCUT2D eigenvalue weighted by molar-refractivity contribution is 6.30. The lowest BCUT2D eigenvalue weighted by Gasteiger charge is -2.25. The van der Waals surface area contributed by atoms with E-state index in [-0.39, 0.29) is 6.10 Å². The molecule has 0 amide bonds. The van der Waals surface area contributed by atoms with Crippen LogP contribution in [0.4, 0.5) is 0 Å². The summed E-state index contributed by atoms with van der Waals surface area (Å²) in [5.74, 6) is 2.51. The summed E-state index contributed by atoms with van der Waals surface area (Å²) in [6.45, 7) is 0. The van der Waals surface area contributed by atoms with Crippen LogP contribution in [0.1, 0.15) is 19.3 Å². The Hall–Kier alpha value is -0.0100. The molecule has 12 heavy (non-hydrogen) atoms. The van der Waals surface area contributed by atoms with Crippen molar-refractivity contribution in [2.75, 3.05) is 0 Å². The minimum absolute atomic E-state index is 0.148. The van der Waals surface area contributed by atoms with E-state index >= 15 is 0 Å². The van der Waals surface area contributed by atoms with Gasteiger partial charge in [-0.05, 0) is 37.0 Å². The van der Waals surface area contributed by atoms with Gasteiger partial charge in [-0.2, -0.15) is 0 Å². The predicted octanol–water partition coefficient (Wildman–Crippen LogP) is 2.15. The Morgan fingerprint density at radius 3 is 3.00 bits per heavy atom. The zero-order valence-corrected chi connectivity index (χ0v) is 7.67. The molecule has 3 aliphatic rings. The summed E-state index contributed by atoms with van der Waals surface area (Å²) in [6, 6.07) is 0. The fraction of sp³-hybridized carbons (Fsp3) is 0.800. The molecule has 0 aromatic heterocycles. The maximum Gasteiger partial charge on any atom is 0.0622 e. The van der Waals surface area contributed by atoms with E-state index in [1.165, 1.54) is 12.8 Å². The summed E-state index contributed by atoms with van der Waals surface area (Å²) in [5.41, 5.74) is 0. The van der Waals surface area contributed by atoms with Crippen molar-refractivity contribution in [3.05, 3.63) is 11.1 Å². The van der Waals surface area contributed by atoms with Crippen LogP contribution in [-0.2, 0) is 0 Å². The van der Waals surface area contributed by atoms with E-state index in [4.69, 9.17) is 11.6 Å². The van der Waals surface area contributed by atoms with Crippen LogP contribution < -0.4 is 0 Å². The van der Waals surface area contributed by atoms with E-state index in [2.05, 4.69) is 6.08 Å². The van der Waals surface area contributed by atoms with Gasteiger partial charge in [0.25, 0.3) is 0 Å². The van der Waals surface area contributed by atoms with Gasteiger partial charge in [-0.25, -0.2) is 0 Å². The lowest BCUT2D eigenvalue weighted by molar-refractivity contribution is 0.130. The minimum Gasteiger partial charge on any atom is -0.392 e. The summed E-state index contributed by atoms with van der Waals surface area (Å²) in [4.78, 5) is 0. The summed E-state index contributed by atoms with van der Waals surface area (Å²) in [7, 11) is 0. The van der Waals surface area contributed by atoms with Gasteiger partial charge in [-0.1, -0.05) is 17.7 Å². The molecule has 0 heterocycles. The first-order chi connectivity index (χ1) is 5.75. The van der Waals surface area contributed by atoms with Gasteiger partial charge in [0.1, 0.15) is 0 Å². The Kier molecular flexibility index (Phi) is 1.40. The summed E-state index contributed by atoms with van der Waals surface area (Å²) < 4.78 is 0. The number of aliphatic hydroxyl groups is 1. The van der Waals surface area contributed by atoms with Crippen molar-refractivity contribution in [2.45, 2.75) is 25.4 Å². The van der Waals surface area contributed by atoms with Crippen molar-refractivity contribution in [3.8, 4) is 0 Å². The van der Waals surface area contributed by atoms with Gasteiger partial charge in [0.15, 0.2) is 0 Å². The molecule has 3 aliphatic carbocycles. The van der Waals surface area contributed by atoms with Gasteiger partial charge < -0.3 is 5.11 Å². The van der Waals surface area contributed by atoms with E-state index in [0.29, 0.717) is 11.8 Å². The second-order valence-electron chi connectivity index (χ2n) is 4.54. The van der Waals surface area contributed by atoms with E-state index in [9.17, 15) is 5.11 Å².